The second kappa shape index (κ2) is 5.90. The first kappa shape index (κ1) is 13.8. The highest BCUT2D eigenvalue weighted by Gasteiger charge is 2.26. The van der Waals surface area contributed by atoms with E-state index in [1.165, 1.54) is 29.5 Å². The molecule has 1 unspecified atom stereocenters. The van der Waals surface area contributed by atoms with Crippen LogP contribution in [-0.4, -0.2) is 11.9 Å². The molecule has 2 N–H and O–H groups in total. The van der Waals surface area contributed by atoms with E-state index in [0.717, 1.165) is 12.3 Å². The maximum atomic E-state index is 5.90. The van der Waals surface area contributed by atoms with Gasteiger partial charge in [0.25, 0.3) is 0 Å². The molecule has 1 atom stereocenters. The van der Waals surface area contributed by atoms with Gasteiger partial charge in [-0.05, 0) is 43.2 Å². The Hall–Kier alpha value is -0.240. The molecule has 0 aliphatic heterocycles. The van der Waals surface area contributed by atoms with Gasteiger partial charge < -0.3 is 5.73 Å². The molecule has 0 heterocycles. The fourth-order valence-electron chi connectivity index (χ4n) is 2.01. The van der Waals surface area contributed by atoms with Crippen molar-refractivity contribution < 1.29 is 0 Å². The van der Waals surface area contributed by atoms with Gasteiger partial charge in [0.2, 0.25) is 0 Å². The van der Waals surface area contributed by atoms with Gasteiger partial charge in [-0.1, -0.05) is 23.8 Å². The van der Waals surface area contributed by atoms with Gasteiger partial charge in [-0.2, -0.15) is 0 Å². The van der Waals surface area contributed by atoms with E-state index >= 15 is 0 Å². The van der Waals surface area contributed by atoms with Gasteiger partial charge in [0.1, 0.15) is 0 Å². The van der Waals surface area contributed by atoms with Crippen LogP contribution in [0, 0.1) is 6.92 Å². The van der Waals surface area contributed by atoms with Crippen LogP contribution >= 0.6 is 24.0 Å². The van der Waals surface area contributed by atoms with Crippen LogP contribution in [0.1, 0.15) is 35.4 Å². The molecule has 1 aromatic carbocycles. The van der Waals surface area contributed by atoms with Crippen molar-refractivity contribution in [3.63, 3.8) is 0 Å². The molecule has 2 rings (SSSR count). The lowest BCUT2D eigenvalue weighted by atomic mass is 9.96. The van der Waals surface area contributed by atoms with Crippen LogP contribution in [0.2, 0.25) is 0 Å². The average Bonchev–Trinajstić information content (AvgIpc) is 3.04. The maximum Gasteiger partial charge on any atom is 0.0378 e. The van der Waals surface area contributed by atoms with Crippen LogP contribution in [0.3, 0.4) is 0 Å². The van der Waals surface area contributed by atoms with Crippen LogP contribution in [0.5, 0.6) is 0 Å². The third-order valence-electron chi connectivity index (χ3n) is 3.00. The minimum atomic E-state index is 0. The predicted molar refractivity (Wildman–Crippen MR) is 72.8 cm³/mol. The number of hydrogen-bond acceptors (Lipinski definition) is 1. The minimum absolute atomic E-state index is 0. The lowest BCUT2D eigenvalue weighted by molar-refractivity contribution is 0.737. The van der Waals surface area contributed by atoms with Gasteiger partial charge in [-0.25, -0.2) is 0 Å². The Morgan fingerprint density at radius 3 is 2.69 bits per heavy atom. The van der Waals surface area contributed by atoms with Gasteiger partial charge in [0, 0.05) is 11.9 Å². The Bertz CT molecular complexity index is 348. The Kier molecular flexibility index (Phi) is 5.10. The van der Waals surface area contributed by atoms with E-state index in [1.807, 2.05) is 0 Å². The summed E-state index contributed by atoms with van der Waals surface area (Å²) in [5.74, 6) is 1.33. The Labute approximate surface area is 109 Å². The molecule has 1 saturated carbocycles. The van der Waals surface area contributed by atoms with Gasteiger partial charge in [0.05, 0.1) is 0 Å². The average molecular weight is 260 g/mol. The van der Waals surface area contributed by atoms with Crippen molar-refractivity contribution in [3.8, 4) is 0 Å². The molecule has 0 aromatic heterocycles. The molecule has 1 nitrogen and oxygen atoms in total. The number of rotatable bonds is 4. The van der Waals surface area contributed by atoms with Gasteiger partial charge >= 0.3 is 0 Å². The zero-order valence-electron chi connectivity index (χ0n) is 9.58. The number of nitrogens with two attached hydrogens (primary N) is 1. The number of benzene rings is 1. The van der Waals surface area contributed by atoms with Crippen molar-refractivity contribution >= 4 is 24.0 Å². The molecule has 0 saturated heterocycles. The summed E-state index contributed by atoms with van der Waals surface area (Å²) in [4.78, 5) is 0. The Morgan fingerprint density at radius 2 is 2.12 bits per heavy atom. The molecule has 1 aliphatic carbocycles. The minimum Gasteiger partial charge on any atom is -0.326 e. The fraction of sp³-hybridized carbons (Fsp3) is 0.538. The van der Waals surface area contributed by atoms with Crippen LogP contribution in [0.4, 0.5) is 0 Å². The number of alkyl halides is 1. The first-order valence-corrected chi connectivity index (χ1v) is 6.15. The summed E-state index contributed by atoms with van der Waals surface area (Å²) in [6, 6.07) is 6.79. The van der Waals surface area contributed by atoms with Gasteiger partial charge in [-0.3, -0.25) is 0 Å². The number of halogens is 2. The number of hydrogen-bond donors (Lipinski definition) is 1. The van der Waals surface area contributed by atoms with Crippen molar-refractivity contribution in [1.82, 2.24) is 0 Å². The van der Waals surface area contributed by atoms with E-state index in [1.54, 1.807) is 0 Å². The summed E-state index contributed by atoms with van der Waals surface area (Å²) in [6.07, 6.45) is 3.59. The molecule has 1 aromatic rings. The molecule has 1 aliphatic rings. The quantitative estimate of drug-likeness (QED) is 0.825. The SMILES string of the molecule is Cc1ccc(CC(N)CCl)c(C2CC2)c1.Cl. The highest BCUT2D eigenvalue weighted by Crippen LogP contribution is 2.42. The van der Waals surface area contributed by atoms with E-state index in [0.29, 0.717) is 5.88 Å². The third-order valence-corrected chi connectivity index (χ3v) is 3.40. The Morgan fingerprint density at radius 1 is 1.44 bits per heavy atom. The largest absolute Gasteiger partial charge is 0.326 e. The molecule has 3 heteroatoms. The van der Waals surface area contributed by atoms with Crippen molar-refractivity contribution in [1.29, 1.82) is 0 Å². The second-order valence-corrected chi connectivity index (χ2v) is 4.90. The fourth-order valence-corrected chi connectivity index (χ4v) is 2.12. The van der Waals surface area contributed by atoms with Crippen molar-refractivity contribution in [3.05, 3.63) is 34.9 Å². The zero-order chi connectivity index (χ0) is 10.8. The van der Waals surface area contributed by atoms with E-state index in [2.05, 4.69) is 25.1 Å². The van der Waals surface area contributed by atoms with Crippen LogP contribution < -0.4 is 5.73 Å². The first-order chi connectivity index (χ1) is 7.20. The summed E-state index contributed by atoms with van der Waals surface area (Å²) >= 11 is 5.76. The molecule has 1 fully saturated rings. The molecular formula is C13H19Cl2N. The van der Waals surface area contributed by atoms with Crippen molar-refractivity contribution in [2.75, 3.05) is 5.88 Å². The smallest absolute Gasteiger partial charge is 0.0378 e. The van der Waals surface area contributed by atoms with Gasteiger partial charge in [-0.15, -0.1) is 24.0 Å². The van der Waals surface area contributed by atoms with Crippen LogP contribution in [0.15, 0.2) is 18.2 Å². The van der Waals surface area contributed by atoms with E-state index in [4.69, 9.17) is 17.3 Å². The summed E-state index contributed by atoms with van der Waals surface area (Å²) < 4.78 is 0. The van der Waals surface area contributed by atoms with E-state index in [9.17, 15) is 0 Å². The van der Waals surface area contributed by atoms with E-state index < -0.39 is 0 Å². The van der Waals surface area contributed by atoms with Gasteiger partial charge in [0.15, 0.2) is 0 Å². The molecule has 0 amide bonds. The zero-order valence-corrected chi connectivity index (χ0v) is 11.2. The third kappa shape index (κ3) is 3.38. The molecule has 90 valence electrons. The predicted octanol–water partition coefficient (Wildman–Crippen LogP) is 3.40. The van der Waals surface area contributed by atoms with Crippen LogP contribution in [-0.2, 0) is 6.42 Å². The molecule has 0 spiro atoms. The number of aryl methyl sites for hydroxylation is 1. The van der Waals surface area contributed by atoms with Crippen LogP contribution in [0.25, 0.3) is 0 Å². The normalized spacial score (nSPS) is 16.7. The highest BCUT2D eigenvalue weighted by molar-refractivity contribution is 6.18. The molecule has 16 heavy (non-hydrogen) atoms. The highest BCUT2D eigenvalue weighted by atomic mass is 35.5. The van der Waals surface area contributed by atoms with E-state index in [-0.39, 0.29) is 18.4 Å². The Balaban J connectivity index is 0.00000128. The lowest BCUT2D eigenvalue weighted by Gasteiger charge is -2.13. The van der Waals surface area contributed by atoms with Crippen molar-refractivity contribution in [2.45, 2.75) is 38.1 Å². The summed E-state index contributed by atoms with van der Waals surface area (Å²) in [5, 5.41) is 0. The molecule has 0 radical (unpaired) electrons. The standard InChI is InChI=1S/C13H18ClN.ClH/c1-9-2-3-11(7-12(15)8-14)13(6-9)10-4-5-10;/h2-3,6,10,12H,4-5,7-8,15H2,1H3;1H. The monoisotopic (exact) mass is 259 g/mol. The van der Waals surface area contributed by atoms with Crippen molar-refractivity contribution in [2.24, 2.45) is 5.73 Å². The topological polar surface area (TPSA) is 26.0 Å². The molecule has 0 bridgehead atoms. The lowest BCUT2D eigenvalue weighted by Crippen LogP contribution is -2.25. The first-order valence-electron chi connectivity index (χ1n) is 5.61. The summed E-state index contributed by atoms with van der Waals surface area (Å²) in [7, 11) is 0. The summed E-state index contributed by atoms with van der Waals surface area (Å²) in [6.45, 7) is 2.15. The maximum absolute atomic E-state index is 5.90. The second-order valence-electron chi connectivity index (χ2n) is 4.60. The summed E-state index contributed by atoms with van der Waals surface area (Å²) in [5.41, 5.74) is 10.2. The molecular weight excluding hydrogens is 241 g/mol.